The van der Waals surface area contributed by atoms with Crippen molar-refractivity contribution in [3.05, 3.63) is 48.0 Å². The summed E-state index contributed by atoms with van der Waals surface area (Å²) in [6.07, 6.45) is -1.83. The maximum Gasteiger partial charge on any atom is 0.419 e. The van der Waals surface area contributed by atoms with Crippen molar-refractivity contribution in [1.29, 1.82) is 0 Å². The van der Waals surface area contributed by atoms with E-state index >= 15 is 0 Å². The van der Waals surface area contributed by atoms with Gasteiger partial charge >= 0.3 is 6.18 Å². The van der Waals surface area contributed by atoms with Crippen LogP contribution in [0.5, 0.6) is 5.75 Å². The fourth-order valence-electron chi connectivity index (χ4n) is 1.69. The first-order chi connectivity index (χ1) is 8.93. The highest BCUT2D eigenvalue weighted by Crippen LogP contribution is 2.38. The van der Waals surface area contributed by atoms with Gasteiger partial charge in [0, 0.05) is 23.5 Å². The minimum atomic E-state index is -4.76. The number of hydrogen-bond donors (Lipinski definition) is 0. The fourth-order valence-corrected chi connectivity index (χ4v) is 1.69. The monoisotopic (exact) mass is 271 g/mol. The third kappa shape index (κ3) is 2.67. The highest BCUT2D eigenvalue weighted by molar-refractivity contribution is 5.70. The van der Waals surface area contributed by atoms with E-state index in [1.165, 1.54) is 19.5 Å². The third-order valence-corrected chi connectivity index (χ3v) is 2.57. The van der Waals surface area contributed by atoms with Crippen LogP contribution in [-0.2, 0) is 6.18 Å². The molecule has 0 bridgehead atoms. The maximum absolute atomic E-state index is 13.6. The molecule has 100 valence electrons. The molecular weight excluding hydrogens is 262 g/mol. The molecular formula is C13H9F4NO. The molecule has 0 spiro atoms. The van der Waals surface area contributed by atoms with Gasteiger partial charge in [0.1, 0.15) is 11.6 Å². The molecule has 6 heteroatoms. The number of benzene rings is 1. The van der Waals surface area contributed by atoms with Crippen LogP contribution in [0.3, 0.4) is 0 Å². The Morgan fingerprint density at radius 1 is 1.21 bits per heavy atom. The number of rotatable bonds is 2. The molecule has 0 saturated carbocycles. The highest BCUT2D eigenvalue weighted by atomic mass is 19.4. The van der Waals surface area contributed by atoms with Gasteiger partial charge in [-0.2, -0.15) is 13.2 Å². The molecule has 1 aromatic carbocycles. The van der Waals surface area contributed by atoms with E-state index in [-0.39, 0.29) is 11.3 Å². The summed E-state index contributed by atoms with van der Waals surface area (Å²) in [5.41, 5.74) is -0.648. The largest absolute Gasteiger partial charge is 0.496 e. The van der Waals surface area contributed by atoms with Gasteiger partial charge in [-0.25, -0.2) is 4.39 Å². The Labute approximate surface area is 106 Å². The molecule has 0 N–H and O–H groups in total. The van der Waals surface area contributed by atoms with Gasteiger partial charge < -0.3 is 4.74 Å². The van der Waals surface area contributed by atoms with Crippen LogP contribution in [-0.4, -0.2) is 12.1 Å². The number of pyridine rings is 1. The van der Waals surface area contributed by atoms with Gasteiger partial charge in [0.05, 0.1) is 12.7 Å². The molecule has 0 aliphatic rings. The molecule has 0 unspecified atom stereocenters. The lowest BCUT2D eigenvalue weighted by Crippen LogP contribution is -2.09. The molecule has 1 heterocycles. The van der Waals surface area contributed by atoms with Gasteiger partial charge in [0.25, 0.3) is 0 Å². The molecule has 2 rings (SSSR count). The smallest absolute Gasteiger partial charge is 0.419 e. The number of alkyl halides is 3. The minimum Gasteiger partial charge on any atom is -0.496 e. The number of ether oxygens (including phenoxy) is 1. The Morgan fingerprint density at radius 3 is 2.47 bits per heavy atom. The molecule has 0 saturated heterocycles. The average Bonchev–Trinajstić information content (AvgIpc) is 2.38. The normalized spacial score (nSPS) is 11.4. The van der Waals surface area contributed by atoms with E-state index in [0.717, 1.165) is 6.07 Å². The van der Waals surface area contributed by atoms with Crippen molar-refractivity contribution in [2.75, 3.05) is 7.11 Å². The highest BCUT2D eigenvalue weighted by Gasteiger charge is 2.35. The van der Waals surface area contributed by atoms with Crippen LogP contribution in [0.15, 0.2) is 36.7 Å². The van der Waals surface area contributed by atoms with E-state index in [4.69, 9.17) is 4.74 Å². The molecule has 0 amide bonds. The summed E-state index contributed by atoms with van der Waals surface area (Å²) in [6, 6.07) is 4.66. The van der Waals surface area contributed by atoms with E-state index in [1.54, 1.807) is 12.1 Å². The lowest BCUT2D eigenvalue weighted by atomic mass is 10.0. The molecule has 0 aliphatic heterocycles. The number of aromatic nitrogens is 1. The lowest BCUT2D eigenvalue weighted by Gasteiger charge is -2.13. The summed E-state index contributed by atoms with van der Waals surface area (Å²) in [4.78, 5) is 3.84. The van der Waals surface area contributed by atoms with Gasteiger partial charge in [-0.05, 0) is 18.2 Å². The van der Waals surface area contributed by atoms with Crippen LogP contribution in [0.4, 0.5) is 17.6 Å². The predicted octanol–water partition coefficient (Wildman–Crippen LogP) is 3.92. The third-order valence-electron chi connectivity index (χ3n) is 2.57. The summed E-state index contributed by atoms with van der Waals surface area (Å²) >= 11 is 0. The molecule has 2 nitrogen and oxygen atoms in total. The summed E-state index contributed by atoms with van der Waals surface area (Å²) in [5.74, 6) is -1.39. The summed E-state index contributed by atoms with van der Waals surface area (Å²) in [6.45, 7) is 0. The SMILES string of the molecule is COc1cc(C(F)(F)F)c(F)cc1-c1cccnc1. The molecule has 0 fully saturated rings. The van der Waals surface area contributed by atoms with Gasteiger partial charge in [0.2, 0.25) is 0 Å². The zero-order valence-electron chi connectivity index (χ0n) is 9.83. The Bertz CT molecular complexity index is 581. The van der Waals surface area contributed by atoms with Crippen LogP contribution in [0, 0.1) is 5.82 Å². The average molecular weight is 271 g/mol. The van der Waals surface area contributed by atoms with Crippen molar-refractivity contribution in [3.63, 3.8) is 0 Å². The van der Waals surface area contributed by atoms with E-state index in [2.05, 4.69) is 4.98 Å². The number of nitrogens with zero attached hydrogens (tertiary/aromatic N) is 1. The van der Waals surface area contributed by atoms with Crippen LogP contribution >= 0.6 is 0 Å². The van der Waals surface area contributed by atoms with Gasteiger partial charge in [0.15, 0.2) is 0 Å². The molecule has 0 radical (unpaired) electrons. The van der Waals surface area contributed by atoms with Crippen LogP contribution in [0.1, 0.15) is 5.56 Å². The predicted molar refractivity (Wildman–Crippen MR) is 61.2 cm³/mol. The standard InChI is InChI=1S/C13H9F4NO/c1-19-12-6-10(13(15,16)17)11(14)5-9(12)8-3-2-4-18-7-8/h2-7H,1H3. The first-order valence-electron chi connectivity index (χ1n) is 5.28. The zero-order chi connectivity index (χ0) is 14.0. The van der Waals surface area contributed by atoms with Gasteiger partial charge in [-0.15, -0.1) is 0 Å². The van der Waals surface area contributed by atoms with Crippen molar-refractivity contribution in [2.24, 2.45) is 0 Å². The van der Waals surface area contributed by atoms with E-state index in [9.17, 15) is 17.6 Å². The maximum atomic E-state index is 13.6. The van der Waals surface area contributed by atoms with Gasteiger partial charge in [-0.3, -0.25) is 4.98 Å². The number of methoxy groups -OCH3 is 1. The summed E-state index contributed by atoms with van der Waals surface area (Å²) in [7, 11) is 1.23. The molecule has 0 atom stereocenters. The molecule has 2 aromatic rings. The van der Waals surface area contributed by atoms with Crippen LogP contribution in [0.2, 0.25) is 0 Å². The topological polar surface area (TPSA) is 22.1 Å². The second-order valence-corrected chi connectivity index (χ2v) is 3.77. The summed E-state index contributed by atoms with van der Waals surface area (Å²) in [5, 5.41) is 0. The van der Waals surface area contributed by atoms with E-state index in [0.29, 0.717) is 11.6 Å². The van der Waals surface area contributed by atoms with Crippen LogP contribution < -0.4 is 4.74 Å². The van der Waals surface area contributed by atoms with Crippen molar-refractivity contribution < 1.29 is 22.3 Å². The van der Waals surface area contributed by atoms with Crippen molar-refractivity contribution in [1.82, 2.24) is 4.98 Å². The first-order valence-corrected chi connectivity index (χ1v) is 5.28. The Kier molecular flexibility index (Phi) is 3.42. The second kappa shape index (κ2) is 4.87. The number of hydrogen-bond acceptors (Lipinski definition) is 2. The molecule has 19 heavy (non-hydrogen) atoms. The summed E-state index contributed by atoms with van der Waals surface area (Å²) < 4.78 is 56.2. The Balaban J connectivity index is 2.62. The Hall–Kier alpha value is -2.11. The minimum absolute atomic E-state index is 0.0540. The lowest BCUT2D eigenvalue weighted by molar-refractivity contribution is -0.140. The van der Waals surface area contributed by atoms with Gasteiger partial charge in [-0.1, -0.05) is 6.07 Å². The van der Waals surface area contributed by atoms with Crippen molar-refractivity contribution >= 4 is 0 Å². The van der Waals surface area contributed by atoms with E-state index in [1.807, 2.05) is 0 Å². The molecule has 0 aliphatic carbocycles. The van der Waals surface area contributed by atoms with E-state index < -0.39 is 17.6 Å². The Morgan fingerprint density at radius 2 is 1.95 bits per heavy atom. The number of halogens is 4. The molecule has 1 aromatic heterocycles. The van der Waals surface area contributed by atoms with Crippen molar-refractivity contribution in [2.45, 2.75) is 6.18 Å². The quantitative estimate of drug-likeness (QED) is 0.772. The fraction of sp³-hybridized carbons (Fsp3) is 0.154. The second-order valence-electron chi connectivity index (χ2n) is 3.77. The van der Waals surface area contributed by atoms with Crippen LogP contribution in [0.25, 0.3) is 11.1 Å². The van der Waals surface area contributed by atoms with Crippen molar-refractivity contribution in [3.8, 4) is 16.9 Å². The zero-order valence-corrected chi connectivity index (χ0v) is 9.83. The first kappa shape index (κ1) is 13.3.